The summed E-state index contributed by atoms with van der Waals surface area (Å²) in [6, 6.07) is 4.80. The van der Waals surface area contributed by atoms with Crippen LogP contribution in [0.15, 0.2) is 27.8 Å². The number of aliphatic imine (C=N–C) groups is 1. The molecule has 1 heterocycles. The first-order valence-corrected chi connectivity index (χ1v) is 8.10. The minimum absolute atomic E-state index is 0.199. The van der Waals surface area contributed by atoms with Gasteiger partial charge in [0.1, 0.15) is 5.76 Å². The van der Waals surface area contributed by atoms with Crippen LogP contribution in [0.3, 0.4) is 0 Å². The molecule has 1 aromatic rings. The maximum absolute atomic E-state index is 5.61. The van der Waals surface area contributed by atoms with Gasteiger partial charge in [0, 0.05) is 12.6 Å². The number of rotatable bonds is 8. The molecule has 1 unspecified atom stereocenters. The minimum atomic E-state index is 0.199. The minimum Gasteiger partial charge on any atom is -0.468 e. The highest BCUT2D eigenvalue weighted by Gasteiger charge is 2.23. The molecule has 1 aliphatic carbocycles. The fraction of sp³-hybridized carbons (Fsp3) is 0.688. The maximum atomic E-state index is 5.61. The molecule has 0 aliphatic heterocycles. The average molecular weight is 292 g/mol. The van der Waals surface area contributed by atoms with Gasteiger partial charge in [0.2, 0.25) is 0 Å². The van der Waals surface area contributed by atoms with E-state index in [0.29, 0.717) is 12.6 Å². The van der Waals surface area contributed by atoms with Gasteiger partial charge >= 0.3 is 0 Å². The summed E-state index contributed by atoms with van der Waals surface area (Å²) in [4.78, 5) is 7.14. The second-order valence-corrected chi connectivity index (χ2v) is 5.39. The highest BCUT2D eigenvalue weighted by molar-refractivity contribution is 5.80. The Balaban J connectivity index is 2.05. The Labute approximate surface area is 127 Å². The van der Waals surface area contributed by atoms with Gasteiger partial charge in [-0.3, -0.25) is 9.89 Å². The van der Waals surface area contributed by atoms with Gasteiger partial charge in [-0.2, -0.15) is 0 Å². The van der Waals surface area contributed by atoms with Gasteiger partial charge in [-0.1, -0.05) is 13.8 Å². The predicted octanol–water partition coefficient (Wildman–Crippen LogP) is 2.38. The smallest absolute Gasteiger partial charge is 0.191 e. The van der Waals surface area contributed by atoms with Crippen molar-refractivity contribution in [2.45, 2.75) is 45.7 Å². The van der Waals surface area contributed by atoms with Crippen molar-refractivity contribution in [3.05, 3.63) is 24.2 Å². The van der Waals surface area contributed by atoms with Crippen LogP contribution in [-0.4, -0.2) is 43.1 Å². The van der Waals surface area contributed by atoms with Crippen LogP contribution < -0.4 is 10.6 Å². The van der Waals surface area contributed by atoms with E-state index in [0.717, 1.165) is 31.4 Å². The summed E-state index contributed by atoms with van der Waals surface area (Å²) < 4.78 is 5.61. The van der Waals surface area contributed by atoms with Crippen LogP contribution >= 0.6 is 0 Å². The fourth-order valence-corrected chi connectivity index (χ4v) is 2.45. The number of nitrogens with one attached hydrogen (secondary N) is 2. The average Bonchev–Trinajstić information content (AvgIpc) is 3.14. The molecule has 2 rings (SSSR count). The topological polar surface area (TPSA) is 52.8 Å². The Morgan fingerprint density at radius 2 is 2.14 bits per heavy atom. The van der Waals surface area contributed by atoms with Crippen molar-refractivity contribution in [3.63, 3.8) is 0 Å². The zero-order chi connectivity index (χ0) is 15.1. The Morgan fingerprint density at radius 3 is 2.67 bits per heavy atom. The van der Waals surface area contributed by atoms with Gasteiger partial charge in [0.25, 0.3) is 0 Å². The van der Waals surface area contributed by atoms with Crippen LogP contribution in [0, 0.1) is 0 Å². The molecular formula is C16H28N4O. The number of likely N-dealkylation sites (N-methyl/N-ethyl adjacent to an activating group) is 1. The van der Waals surface area contributed by atoms with Gasteiger partial charge in [-0.15, -0.1) is 0 Å². The summed E-state index contributed by atoms with van der Waals surface area (Å²) in [6.07, 6.45) is 4.24. The molecule has 1 aromatic heterocycles. The third kappa shape index (κ3) is 4.77. The van der Waals surface area contributed by atoms with E-state index in [4.69, 9.17) is 9.41 Å². The third-order valence-electron chi connectivity index (χ3n) is 3.81. The van der Waals surface area contributed by atoms with Crippen molar-refractivity contribution < 1.29 is 4.42 Å². The highest BCUT2D eigenvalue weighted by Crippen LogP contribution is 2.22. The van der Waals surface area contributed by atoms with Crippen molar-refractivity contribution in [2.24, 2.45) is 4.99 Å². The number of furan rings is 1. The molecule has 0 bridgehead atoms. The molecule has 0 aromatic carbocycles. The molecule has 1 atom stereocenters. The van der Waals surface area contributed by atoms with Crippen LogP contribution in [0.5, 0.6) is 0 Å². The lowest BCUT2D eigenvalue weighted by Gasteiger charge is -2.27. The summed E-state index contributed by atoms with van der Waals surface area (Å²) in [7, 11) is 0. The number of hydrogen-bond acceptors (Lipinski definition) is 3. The Morgan fingerprint density at radius 1 is 1.38 bits per heavy atom. The van der Waals surface area contributed by atoms with Crippen molar-refractivity contribution in [3.8, 4) is 0 Å². The Kier molecular flexibility index (Phi) is 6.11. The summed E-state index contributed by atoms with van der Waals surface area (Å²) >= 11 is 0. The molecule has 1 saturated carbocycles. The van der Waals surface area contributed by atoms with Crippen LogP contribution in [0.1, 0.15) is 45.4 Å². The van der Waals surface area contributed by atoms with Crippen LogP contribution in [0.4, 0.5) is 0 Å². The second kappa shape index (κ2) is 8.08. The van der Waals surface area contributed by atoms with Crippen LogP contribution in [0.25, 0.3) is 0 Å². The molecule has 21 heavy (non-hydrogen) atoms. The Hall–Kier alpha value is -1.49. The van der Waals surface area contributed by atoms with Crippen LogP contribution in [-0.2, 0) is 0 Å². The van der Waals surface area contributed by atoms with Crippen molar-refractivity contribution >= 4 is 5.96 Å². The second-order valence-electron chi connectivity index (χ2n) is 5.39. The third-order valence-corrected chi connectivity index (χ3v) is 3.81. The lowest BCUT2D eigenvalue weighted by atomic mass is 10.2. The van der Waals surface area contributed by atoms with Crippen molar-refractivity contribution in [1.29, 1.82) is 0 Å². The molecule has 2 N–H and O–H groups in total. The lowest BCUT2D eigenvalue weighted by Crippen LogP contribution is -2.39. The van der Waals surface area contributed by atoms with E-state index in [2.05, 4.69) is 36.3 Å². The largest absolute Gasteiger partial charge is 0.468 e. The lowest BCUT2D eigenvalue weighted by molar-refractivity contribution is 0.198. The molecular weight excluding hydrogens is 264 g/mol. The first kappa shape index (κ1) is 15.9. The normalized spacial score (nSPS) is 17.0. The number of nitrogens with zero attached hydrogens (tertiary/aromatic N) is 2. The van der Waals surface area contributed by atoms with Gasteiger partial charge in [-0.25, -0.2) is 0 Å². The molecule has 118 valence electrons. The van der Waals surface area contributed by atoms with Crippen molar-refractivity contribution in [1.82, 2.24) is 15.5 Å². The molecule has 1 fully saturated rings. The van der Waals surface area contributed by atoms with E-state index in [1.54, 1.807) is 6.26 Å². The summed E-state index contributed by atoms with van der Waals surface area (Å²) in [5.41, 5.74) is 0. The van der Waals surface area contributed by atoms with E-state index < -0.39 is 0 Å². The monoisotopic (exact) mass is 292 g/mol. The first-order valence-electron chi connectivity index (χ1n) is 8.10. The van der Waals surface area contributed by atoms with E-state index >= 15 is 0 Å². The maximum Gasteiger partial charge on any atom is 0.191 e. The predicted molar refractivity (Wildman–Crippen MR) is 86.5 cm³/mol. The van der Waals surface area contributed by atoms with Gasteiger partial charge in [-0.05, 0) is 45.0 Å². The summed E-state index contributed by atoms with van der Waals surface area (Å²) in [5, 5.41) is 6.78. The first-order chi connectivity index (χ1) is 10.3. The van der Waals surface area contributed by atoms with Gasteiger partial charge in [0.05, 0.1) is 18.8 Å². The molecule has 0 amide bonds. The number of guanidine groups is 1. The summed E-state index contributed by atoms with van der Waals surface area (Å²) in [6.45, 7) is 10.0. The Bertz CT molecular complexity index is 421. The molecule has 0 radical (unpaired) electrons. The van der Waals surface area contributed by atoms with E-state index in [1.807, 2.05) is 12.1 Å². The summed E-state index contributed by atoms with van der Waals surface area (Å²) in [5.74, 6) is 1.91. The molecule has 5 nitrogen and oxygen atoms in total. The number of hydrogen-bond donors (Lipinski definition) is 2. The SMILES string of the molecule is CCNC(=NCC(c1ccco1)N(CC)CC)NC1CC1. The van der Waals surface area contributed by atoms with Crippen LogP contribution in [0.2, 0.25) is 0 Å². The van der Waals surface area contributed by atoms with E-state index in [1.165, 1.54) is 12.8 Å². The highest BCUT2D eigenvalue weighted by atomic mass is 16.3. The van der Waals surface area contributed by atoms with Crippen molar-refractivity contribution in [2.75, 3.05) is 26.2 Å². The molecule has 5 heteroatoms. The zero-order valence-corrected chi connectivity index (χ0v) is 13.4. The van der Waals surface area contributed by atoms with Gasteiger partial charge in [0.15, 0.2) is 5.96 Å². The fourth-order valence-electron chi connectivity index (χ4n) is 2.45. The quantitative estimate of drug-likeness (QED) is 0.570. The zero-order valence-electron chi connectivity index (χ0n) is 13.4. The van der Waals surface area contributed by atoms with Gasteiger partial charge < -0.3 is 15.1 Å². The molecule has 0 saturated heterocycles. The molecule has 0 spiro atoms. The standard InChI is InChI=1S/C16H28N4O/c1-4-17-16(19-13-9-10-13)18-12-14(20(5-2)6-3)15-8-7-11-21-15/h7-8,11,13-14H,4-6,9-10,12H2,1-3H3,(H2,17,18,19). The van der Waals surface area contributed by atoms with E-state index in [9.17, 15) is 0 Å². The molecule has 1 aliphatic rings. The van der Waals surface area contributed by atoms with E-state index in [-0.39, 0.29) is 6.04 Å².